The molecule has 0 aliphatic carbocycles. The number of aryl methyl sites for hydroxylation is 2. The van der Waals surface area contributed by atoms with Gasteiger partial charge in [-0.2, -0.15) is 5.10 Å². The fourth-order valence-electron chi connectivity index (χ4n) is 2.94. The Labute approximate surface area is 162 Å². The van der Waals surface area contributed by atoms with Gasteiger partial charge in [-0.05, 0) is 26.3 Å². The summed E-state index contributed by atoms with van der Waals surface area (Å²) in [6, 6.07) is 9.27. The molecule has 3 amide bonds. The monoisotopic (exact) mass is 384 g/mol. The van der Waals surface area contributed by atoms with E-state index in [4.69, 9.17) is 0 Å². The lowest BCUT2D eigenvalue weighted by Crippen LogP contribution is -2.52. The van der Waals surface area contributed by atoms with Crippen molar-refractivity contribution in [3.63, 3.8) is 0 Å². The molecule has 9 nitrogen and oxygen atoms in total. The van der Waals surface area contributed by atoms with E-state index >= 15 is 0 Å². The van der Waals surface area contributed by atoms with Gasteiger partial charge in [-0.15, -0.1) is 0 Å². The van der Waals surface area contributed by atoms with E-state index in [-0.39, 0.29) is 18.5 Å². The van der Waals surface area contributed by atoms with Crippen LogP contribution in [0.2, 0.25) is 0 Å². The summed E-state index contributed by atoms with van der Waals surface area (Å²) in [5, 5.41) is 15.4. The highest BCUT2D eigenvalue weighted by Gasteiger charge is 2.27. The average Bonchev–Trinajstić information content (AvgIpc) is 3.00. The highest BCUT2D eigenvalue weighted by molar-refractivity contribution is 6.39. The number of nitrogens with one attached hydrogen (secondary N) is 4. The van der Waals surface area contributed by atoms with E-state index in [9.17, 15) is 14.4 Å². The van der Waals surface area contributed by atoms with Gasteiger partial charge >= 0.3 is 11.8 Å². The van der Waals surface area contributed by atoms with E-state index in [0.29, 0.717) is 17.9 Å². The van der Waals surface area contributed by atoms with Gasteiger partial charge in [0.1, 0.15) is 5.82 Å². The number of benzene rings is 1. The molecule has 9 heteroatoms. The van der Waals surface area contributed by atoms with Crippen molar-refractivity contribution in [2.45, 2.75) is 46.1 Å². The van der Waals surface area contributed by atoms with Crippen LogP contribution in [-0.2, 0) is 20.9 Å². The lowest BCUT2D eigenvalue weighted by Gasteiger charge is -2.30. The van der Waals surface area contributed by atoms with Crippen molar-refractivity contribution in [1.29, 1.82) is 0 Å². The van der Waals surface area contributed by atoms with Crippen molar-refractivity contribution in [1.82, 2.24) is 25.7 Å². The van der Waals surface area contributed by atoms with Crippen LogP contribution in [0.4, 0.5) is 5.82 Å². The number of rotatable bonds is 4. The van der Waals surface area contributed by atoms with Gasteiger partial charge < -0.3 is 16.0 Å². The minimum absolute atomic E-state index is 0.0374. The second-order valence-electron chi connectivity index (χ2n) is 6.98. The van der Waals surface area contributed by atoms with Gasteiger partial charge in [0.25, 0.3) is 0 Å². The minimum Gasteiger partial charge on any atom is -0.344 e. The summed E-state index contributed by atoms with van der Waals surface area (Å²) in [5.41, 5.74) is 2.66. The van der Waals surface area contributed by atoms with Crippen LogP contribution in [0.15, 0.2) is 30.3 Å². The Balaban J connectivity index is 1.64. The van der Waals surface area contributed by atoms with Crippen molar-refractivity contribution in [2.75, 3.05) is 5.32 Å². The first kappa shape index (κ1) is 19.6. The average molecular weight is 384 g/mol. The van der Waals surface area contributed by atoms with Crippen LogP contribution in [0.25, 0.3) is 0 Å². The molecule has 1 aromatic carbocycles. The first-order valence-corrected chi connectivity index (χ1v) is 9.08. The summed E-state index contributed by atoms with van der Waals surface area (Å²) in [7, 11) is 0. The van der Waals surface area contributed by atoms with Crippen LogP contribution in [-0.4, -0.2) is 33.5 Å². The van der Waals surface area contributed by atoms with E-state index in [1.807, 2.05) is 38.1 Å². The minimum atomic E-state index is -0.802. The number of carbonyl (C=O) groups is 3. The van der Waals surface area contributed by atoms with Gasteiger partial charge in [0.15, 0.2) is 6.29 Å². The fourth-order valence-corrected chi connectivity index (χ4v) is 2.94. The Morgan fingerprint density at radius 3 is 2.61 bits per heavy atom. The smallest absolute Gasteiger partial charge is 0.314 e. The maximum atomic E-state index is 12.3. The largest absolute Gasteiger partial charge is 0.344 e. The van der Waals surface area contributed by atoms with Gasteiger partial charge in [-0.3, -0.25) is 19.7 Å². The third-order valence-corrected chi connectivity index (χ3v) is 4.36. The second kappa shape index (κ2) is 8.22. The van der Waals surface area contributed by atoms with Crippen molar-refractivity contribution in [3.05, 3.63) is 47.2 Å². The Morgan fingerprint density at radius 2 is 1.93 bits per heavy atom. The van der Waals surface area contributed by atoms with Crippen molar-refractivity contribution < 1.29 is 14.4 Å². The molecule has 1 aliphatic heterocycles. The van der Waals surface area contributed by atoms with Crippen LogP contribution in [0, 0.1) is 13.8 Å². The zero-order valence-electron chi connectivity index (χ0n) is 16.1. The molecule has 2 aromatic rings. The molecule has 0 saturated carbocycles. The maximum Gasteiger partial charge on any atom is 0.314 e. The van der Waals surface area contributed by atoms with Gasteiger partial charge in [-0.1, -0.05) is 29.8 Å². The Kier molecular flexibility index (Phi) is 5.74. The van der Waals surface area contributed by atoms with Crippen molar-refractivity contribution in [2.24, 2.45) is 0 Å². The molecule has 4 N–H and O–H groups in total. The Morgan fingerprint density at radius 1 is 1.21 bits per heavy atom. The molecule has 0 radical (unpaired) electrons. The van der Waals surface area contributed by atoms with Crippen molar-refractivity contribution >= 4 is 23.5 Å². The third kappa shape index (κ3) is 4.74. The predicted molar refractivity (Wildman–Crippen MR) is 103 cm³/mol. The number of nitrogens with zero attached hydrogens (tertiary/aromatic N) is 2. The summed E-state index contributed by atoms with van der Waals surface area (Å²) in [6.45, 7) is 5.88. The van der Waals surface area contributed by atoms with E-state index in [1.165, 1.54) is 4.68 Å². The predicted octanol–water partition coefficient (Wildman–Crippen LogP) is 0.709. The van der Waals surface area contributed by atoms with E-state index in [1.54, 1.807) is 13.0 Å². The normalized spacial score (nSPS) is 19.0. The first-order valence-electron chi connectivity index (χ1n) is 9.08. The maximum absolute atomic E-state index is 12.3. The highest BCUT2D eigenvalue weighted by Crippen LogP contribution is 2.17. The Bertz CT molecular complexity index is 890. The van der Waals surface area contributed by atoms with Gasteiger partial charge in [0, 0.05) is 25.1 Å². The Hall–Kier alpha value is -3.20. The molecule has 1 aliphatic rings. The van der Waals surface area contributed by atoms with Crippen molar-refractivity contribution in [3.8, 4) is 0 Å². The number of carbonyl (C=O) groups excluding carboxylic acids is 3. The molecule has 0 spiro atoms. The molecule has 0 bridgehead atoms. The molecule has 3 rings (SSSR count). The van der Waals surface area contributed by atoms with Crippen LogP contribution < -0.4 is 21.3 Å². The van der Waals surface area contributed by atoms with Crippen LogP contribution >= 0.6 is 0 Å². The molecular formula is C19H24N6O3. The molecule has 2 atom stereocenters. The van der Waals surface area contributed by atoms with Gasteiger partial charge in [-0.25, -0.2) is 4.68 Å². The number of amides is 3. The zero-order chi connectivity index (χ0) is 20.3. The first-order chi connectivity index (χ1) is 13.3. The van der Waals surface area contributed by atoms with Crippen LogP contribution in [0.1, 0.15) is 36.5 Å². The molecule has 1 saturated heterocycles. The quantitative estimate of drug-likeness (QED) is 0.579. The van der Waals surface area contributed by atoms with Gasteiger partial charge in [0.2, 0.25) is 5.91 Å². The highest BCUT2D eigenvalue weighted by atomic mass is 16.2. The van der Waals surface area contributed by atoms with E-state index in [0.717, 1.165) is 11.1 Å². The molecule has 148 valence electrons. The molecular weight excluding hydrogens is 360 g/mol. The number of hydrogen-bond acceptors (Lipinski definition) is 5. The summed E-state index contributed by atoms with van der Waals surface area (Å²) in [4.78, 5) is 36.2. The molecule has 2 heterocycles. The number of hydrogen-bond donors (Lipinski definition) is 4. The summed E-state index contributed by atoms with van der Waals surface area (Å²) in [5.74, 6) is -1.35. The molecule has 2 unspecified atom stereocenters. The standard InChI is InChI=1S/C19H24N6O3/c1-11-4-6-14(7-5-11)10-20-17(27)18(28)22-15-8-13(3)24-25(15)19-21-12(2)9-16(26)23-19/h4-8,12,19,21H,9-10H2,1-3H3,(H,20,27)(H,22,28)(H,23,26). The molecule has 1 aromatic heterocycles. The van der Waals surface area contributed by atoms with Gasteiger partial charge in [0.05, 0.1) is 5.69 Å². The zero-order valence-corrected chi connectivity index (χ0v) is 16.1. The van der Waals surface area contributed by atoms with E-state index < -0.39 is 18.1 Å². The van der Waals surface area contributed by atoms with Crippen LogP contribution in [0.5, 0.6) is 0 Å². The topological polar surface area (TPSA) is 117 Å². The molecule has 1 fully saturated rings. The summed E-state index contributed by atoms with van der Waals surface area (Å²) >= 11 is 0. The van der Waals surface area contributed by atoms with Crippen LogP contribution in [0.3, 0.4) is 0 Å². The lowest BCUT2D eigenvalue weighted by molar-refractivity contribution is -0.136. The lowest BCUT2D eigenvalue weighted by atomic mass is 10.1. The fraction of sp³-hybridized carbons (Fsp3) is 0.368. The number of anilines is 1. The molecule has 28 heavy (non-hydrogen) atoms. The number of aromatic nitrogens is 2. The SMILES string of the molecule is Cc1ccc(CNC(=O)C(=O)Nc2cc(C)nn2C2NC(=O)CC(C)N2)cc1. The van der Waals surface area contributed by atoms with E-state index in [2.05, 4.69) is 26.4 Å². The second-order valence-corrected chi connectivity index (χ2v) is 6.98. The summed E-state index contributed by atoms with van der Waals surface area (Å²) in [6.07, 6.45) is -0.240. The third-order valence-electron chi connectivity index (χ3n) is 4.36. The summed E-state index contributed by atoms with van der Waals surface area (Å²) < 4.78 is 1.45.